The fourth-order valence-corrected chi connectivity index (χ4v) is 4.97. The third-order valence-corrected chi connectivity index (χ3v) is 5.74. The summed E-state index contributed by atoms with van der Waals surface area (Å²) in [6, 6.07) is 9.19. The van der Waals surface area contributed by atoms with Crippen molar-refractivity contribution in [1.82, 2.24) is 5.32 Å². The largest absolute Gasteiger partial charge is 0.307 e. The Morgan fingerprint density at radius 1 is 0.941 bits per heavy atom. The van der Waals surface area contributed by atoms with Gasteiger partial charge < -0.3 is 5.32 Å². The summed E-state index contributed by atoms with van der Waals surface area (Å²) >= 11 is 0. The summed E-state index contributed by atoms with van der Waals surface area (Å²) in [5.74, 6) is 0. The highest BCUT2D eigenvalue weighted by atomic mass is 15.1. The first-order valence-corrected chi connectivity index (χ1v) is 7.20. The summed E-state index contributed by atoms with van der Waals surface area (Å²) < 4.78 is 0. The lowest BCUT2D eigenvalue weighted by Gasteiger charge is -2.53. The zero-order valence-corrected chi connectivity index (χ0v) is 10.5. The molecule has 0 radical (unpaired) electrons. The molecule has 0 aromatic heterocycles. The number of benzene rings is 1. The minimum atomic E-state index is 0.347. The molecule has 1 nitrogen and oxygen atoms in total. The first kappa shape index (κ1) is 10.1. The van der Waals surface area contributed by atoms with Crippen molar-refractivity contribution in [2.75, 3.05) is 6.54 Å². The molecule has 1 aromatic carbocycles. The van der Waals surface area contributed by atoms with Gasteiger partial charge in [-0.05, 0) is 55.2 Å². The van der Waals surface area contributed by atoms with Crippen LogP contribution in [0.25, 0.3) is 0 Å². The van der Waals surface area contributed by atoms with Gasteiger partial charge in [-0.2, -0.15) is 0 Å². The first-order chi connectivity index (χ1) is 8.36. The average Bonchev–Trinajstić information content (AvgIpc) is 2.79. The van der Waals surface area contributed by atoms with E-state index in [0.29, 0.717) is 11.0 Å². The van der Waals surface area contributed by atoms with Gasteiger partial charge in [0.05, 0.1) is 0 Å². The molecule has 0 bridgehead atoms. The molecular formula is C16H21N. The molecule has 3 aliphatic rings. The maximum atomic E-state index is 3.92. The van der Waals surface area contributed by atoms with Gasteiger partial charge in [-0.1, -0.05) is 37.1 Å². The number of rotatable bonds is 0. The smallest absolute Gasteiger partial charge is 0.0494 e. The first-order valence-electron chi connectivity index (χ1n) is 7.20. The molecular weight excluding hydrogens is 206 g/mol. The maximum Gasteiger partial charge on any atom is 0.0494 e. The quantitative estimate of drug-likeness (QED) is 0.716. The van der Waals surface area contributed by atoms with E-state index in [9.17, 15) is 0 Å². The molecule has 1 heteroatoms. The number of aryl methyl sites for hydroxylation is 1. The lowest BCUT2D eigenvalue weighted by molar-refractivity contribution is 0.0524. The fourth-order valence-electron chi connectivity index (χ4n) is 4.97. The molecule has 4 rings (SSSR count). The van der Waals surface area contributed by atoms with Crippen LogP contribution in [0.1, 0.15) is 49.7 Å². The second kappa shape index (κ2) is 3.35. The number of fused-ring (bicyclic) bond motifs is 1. The SMILES string of the molecule is c1ccc2c(c1)CCC13CCCCC21NCC3. The van der Waals surface area contributed by atoms with Crippen LogP contribution in [0.3, 0.4) is 0 Å². The van der Waals surface area contributed by atoms with E-state index >= 15 is 0 Å². The fraction of sp³-hybridized carbons (Fsp3) is 0.625. The molecule has 1 heterocycles. The third kappa shape index (κ3) is 1.14. The topological polar surface area (TPSA) is 12.0 Å². The van der Waals surface area contributed by atoms with E-state index < -0.39 is 0 Å². The highest BCUT2D eigenvalue weighted by Crippen LogP contribution is 2.60. The molecule has 1 saturated heterocycles. The van der Waals surface area contributed by atoms with Crippen LogP contribution >= 0.6 is 0 Å². The van der Waals surface area contributed by atoms with Crippen molar-refractivity contribution in [3.05, 3.63) is 35.4 Å². The molecule has 0 amide bonds. The van der Waals surface area contributed by atoms with Crippen molar-refractivity contribution in [2.45, 2.75) is 50.5 Å². The van der Waals surface area contributed by atoms with E-state index in [1.165, 1.54) is 51.5 Å². The molecule has 2 aliphatic carbocycles. The summed E-state index contributed by atoms with van der Waals surface area (Å²) in [5, 5.41) is 3.92. The Hall–Kier alpha value is -0.820. The normalized spacial score (nSPS) is 39.3. The lowest BCUT2D eigenvalue weighted by Crippen LogP contribution is -2.53. The van der Waals surface area contributed by atoms with Crippen molar-refractivity contribution >= 4 is 0 Å². The number of hydrogen-bond donors (Lipinski definition) is 1. The minimum Gasteiger partial charge on any atom is -0.307 e. The van der Waals surface area contributed by atoms with E-state index in [-0.39, 0.29) is 0 Å². The second-order valence-corrected chi connectivity index (χ2v) is 6.23. The van der Waals surface area contributed by atoms with E-state index in [0.717, 1.165) is 0 Å². The summed E-state index contributed by atoms with van der Waals surface area (Å²) in [6.45, 7) is 1.23. The van der Waals surface area contributed by atoms with Crippen LogP contribution in [0.5, 0.6) is 0 Å². The zero-order chi connectivity index (χ0) is 11.3. The van der Waals surface area contributed by atoms with Crippen LogP contribution in [0, 0.1) is 5.41 Å². The summed E-state index contributed by atoms with van der Waals surface area (Å²) in [4.78, 5) is 0. The molecule has 1 aliphatic heterocycles. The Kier molecular flexibility index (Phi) is 2.00. The van der Waals surface area contributed by atoms with Crippen molar-refractivity contribution in [3.8, 4) is 0 Å². The van der Waals surface area contributed by atoms with Crippen molar-refractivity contribution in [1.29, 1.82) is 0 Å². The van der Waals surface area contributed by atoms with E-state index in [4.69, 9.17) is 0 Å². The molecule has 2 unspecified atom stereocenters. The van der Waals surface area contributed by atoms with Crippen LogP contribution in [0.2, 0.25) is 0 Å². The lowest BCUT2D eigenvalue weighted by atomic mass is 9.54. The van der Waals surface area contributed by atoms with E-state index in [1.807, 2.05) is 0 Å². The van der Waals surface area contributed by atoms with Gasteiger partial charge in [0.25, 0.3) is 0 Å². The van der Waals surface area contributed by atoms with Crippen LogP contribution in [0.4, 0.5) is 0 Å². The monoisotopic (exact) mass is 227 g/mol. The van der Waals surface area contributed by atoms with Gasteiger partial charge in [-0.15, -0.1) is 0 Å². The van der Waals surface area contributed by atoms with Gasteiger partial charge in [0.15, 0.2) is 0 Å². The Balaban J connectivity index is 1.94. The Bertz CT molecular complexity index is 453. The van der Waals surface area contributed by atoms with Crippen LogP contribution in [0.15, 0.2) is 24.3 Å². The average molecular weight is 227 g/mol. The van der Waals surface area contributed by atoms with Crippen LogP contribution < -0.4 is 5.32 Å². The maximum absolute atomic E-state index is 3.92. The molecule has 1 N–H and O–H groups in total. The molecule has 1 aromatic rings. The third-order valence-electron chi connectivity index (χ3n) is 5.74. The summed E-state index contributed by atoms with van der Waals surface area (Å²) in [5.41, 5.74) is 4.20. The van der Waals surface area contributed by atoms with Gasteiger partial charge in [-0.25, -0.2) is 0 Å². The summed E-state index contributed by atoms with van der Waals surface area (Å²) in [6.07, 6.45) is 9.80. The molecule has 2 fully saturated rings. The van der Waals surface area contributed by atoms with Crippen molar-refractivity contribution in [2.24, 2.45) is 5.41 Å². The standard InChI is InChI=1S/C16H21N/c1-2-6-14-13(5-1)7-10-15-8-3-4-9-16(14,15)17-12-11-15/h1-2,5-6,17H,3-4,7-12H2. The van der Waals surface area contributed by atoms with Crippen LogP contribution in [-0.4, -0.2) is 6.54 Å². The number of hydrogen-bond acceptors (Lipinski definition) is 1. The molecule has 0 spiro atoms. The van der Waals surface area contributed by atoms with Gasteiger partial charge in [0.1, 0.15) is 0 Å². The van der Waals surface area contributed by atoms with Gasteiger partial charge in [0.2, 0.25) is 0 Å². The van der Waals surface area contributed by atoms with Crippen LogP contribution in [-0.2, 0) is 12.0 Å². The molecule has 2 atom stereocenters. The van der Waals surface area contributed by atoms with E-state index in [1.54, 1.807) is 11.1 Å². The Morgan fingerprint density at radius 3 is 2.82 bits per heavy atom. The predicted octanol–water partition coefficient (Wildman–Crippen LogP) is 3.38. The number of nitrogens with one attached hydrogen (secondary N) is 1. The van der Waals surface area contributed by atoms with Crippen molar-refractivity contribution in [3.63, 3.8) is 0 Å². The molecule has 1 saturated carbocycles. The second-order valence-electron chi connectivity index (χ2n) is 6.23. The van der Waals surface area contributed by atoms with Crippen molar-refractivity contribution < 1.29 is 0 Å². The van der Waals surface area contributed by atoms with Gasteiger partial charge in [-0.3, -0.25) is 0 Å². The Morgan fingerprint density at radius 2 is 1.82 bits per heavy atom. The zero-order valence-electron chi connectivity index (χ0n) is 10.5. The van der Waals surface area contributed by atoms with Gasteiger partial charge >= 0.3 is 0 Å². The molecule has 90 valence electrons. The predicted molar refractivity (Wildman–Crippen MR) is 70.0 cm³/mol. The highest BCUT2D eigenvalue weighted by molar-refractivity contribution is 5.41. The Labute approximate surface area is 104 Å². The molecule has 17 heavy (non-hydrogen) atoms. The van der Waals surface area contributed by atoms with E-state index in [2.05, 4.69) is 29.6 Å². The van der Waals surface area contributed by atoms with Gasteiger partial charge in [0, 0.05) is 5.54 Å². The highest BCUT2D eigenvalue weighted by Gasteiger charge is 2.58. The minimum absolute atomic E-state index is 0.347. The summed E-state index contributed by atoms with van der Waals surface area (Å²) in [7, 11) is 0.